The third-order valence-corrected chi connectivity index (χ3v) is 6.93. The maximum absolute atomic E-state index is 13.5. The first-order chi connectivity index (χ1) is 14.8. The van der Waals surface area contributed by atoms with E-state index in [1.54, 1.807) is 4.90 Å². The average Bonchev–Trinajstić information content (AvgIpc) is 2.73. The lowest BCUT2D eigenvalue weighted by molar-refractivity contribution is -0.121. The minimum absolute atomic E-state index is 0.0460. The van der Waals surface area contributed by atoms with E-state index in [0.29, 0.717) is 19.3 Å². The van der Waals surface area contributed by atoms with Gasteiger partial charge in [0, 0.05) is 40.2 Å². The summed E-state index contributed by atoms with van der Waals surface area (Å²) in [6.07, 6.45) is 1.53. The highest BCUT2D eigenvalue weighted by atomic mass is 79.9. The number of hydrogen-bond donors (Lipinski definition) is 0. The van der Waals surface area contributed by atoms with Gasteiger partial charge < -0.3 is 0 Å². The van der Waals surface area contributed by atoms with E-state index in [-0.39, 0.29) is 23.0 Å². The largest absolute Gasteiger partial charge is 0.294 e. The third-order valence-electron chi connectivity index (χ3n) is 6.40. The van der Waals surface area contributed by atoms with Gasteiger partial charge in [-0.2, -0.15) is 0 Å². The van der Waals surface area contributed by atoms with Gasteiger partial charge in [-0.15, -0.1) is 0 Å². The zero-order valence-electron chi connectivity index (χ0n) is 17.7. The summed E-state index contributed by atoms with van der Waals surface area (Å²) in [6, 6.07) is 22.3. The summed E-state index contributed by atoms with van der Waals surface area (Å²) in [7, 11) is 0. The Morgan fingerprint density at radius 3 is 2.35 bits per heavy atom. The van der Waals surface area contributed by atoms with E-state index in [1.807, 2.05) is 36.4 Å². The number of amides is 1. The molecule has 156 valence electrons. The number of rotatable bonds is 2. The summed E-state index contributed by atoms with van der Waals surface area (Å²) in [5, 5.41) is 2.30. The Morgan fingerprint density at radius 2 is 1.61 bits per heavy atom. The summed E-state index contributed by atoms with van der Waals surface area (Å²) in [5.74, 6) is 0.0196. The molecular formula is C27H24BrNO2. The molecule has 0 saturated carbocycles. The topological polar surface area (TPSA) is 37.4 Å². The van der Waals surface area contributed by atoms with Crippen molar-refractivity contribution in [3.63, 3.8) is 0 Å². The van der Waals surface area contributed by atoms with Gasteiger partial charge in [0.25, 0.3) is 0 Å². The van der Waals surface area contributed by atoms with Crippen molar-refractivity contribution in [3.8, 4) is 0 Å². The van der Waals surface area contributed by atoms with Crippen LogP contribution in [0.4, 0.5) is 5.69 Å². The predicted octanol–water partition coefficient (Wildman–Crippen LogP) is 6.77. The van der Waals surface area contributed by atoms with Crippen LogP contribution in [0.15, 0.2) is 82.5 Å². The van der Waals surface area contributed by atoms with Crippen LogP contribution in [0.2, 0.25) is 0 Å². The van der Waals surface area contributed by atoms with E-state index in [2.05, 4.69) is 60.1 Å². The van der Waals surface area contributed by atoms with Crippen molar-refractivity contribution in [2.45, 2.75) is 39.0 Å². The summed E-state index contributed by atoms with van der Waals surface area (Å²) in [5.41, 5.74) is 3.39. The van der Waals surface area contributed by atoms with Crippen LogP contribution < -0.4 is 4.90 Å². The lowest BCUT2D eigenvalue weighted by Gasteiger charge is -2.43. The molecule has 0 N–H and O–H groups in total. The Kier molecular flexibility index (Phi) is 4.86. The van der Waals surface area contributed by atoms with Crippen LogP contribution in [0.25, 0.3) is 10.8 Å². The highest BCUT2D eigenvalue weighted by Gasteiger charge is 2.44. The Balaban J connectivity index is 1.68. The molecular weight excluding hydrogens is 450 g/mol. The Bertz CT molecular complexity index is 1240. The molecule has 3 nitrogen and oxygen atoms in total. The summed E-state index contributed by atoms with van der Waals surface area (Å²) < 4.78 is 0.962. The van der Waals surface area contributed by atoms with Gasteiger partial charge in [0.05, 0.1) is 0 Å². The van der Waals surface area contributed by atoms with Gasteiger partial charge in [-0.3, -0.25) is 14.5 Å². The van der Waals surface area contributed by atoms with Crippen LogP contribution in [-0.4, -0.2) is 11.7 Å². The molecule has 1 atom stereocenters. The van der Waals surface area contributed by atoms with Crippen LogP contribution in [0.5, 0.6) is 0 Å². The van der Waals surface area contributed by atoms with Gasteiger partial charge in [0.2, 0.25) is 5.91 Å². The molecule has 3 aromatic carbocycles. The number of ketones is 1. The van der Waals surface area contributed by atoms with Gasteiger partial charge in [0.15, 0.2) is 5.78 Å². The minimum atomic E-state index is -0.192. The maximum atomic E-state index is 13.5. The molecule has 31 heavy (non-hydrogen) atoms. The summed E-state index contributed by atoms with van der Waals surface area (Å²) in [6.45, 7) is 4.22. The molecule has 2 aliphatic rings. The van der Waals surface area contributed by atoms with Crippen LogP contribution >= 0.6 is 15.9 Å². The molecule has 1 aliphatic carbocycles. The third kappa shape index (κ3) is 3.63. The Morgan fingerprint density at radius 1 is 0.903 bits per heavy atom. The highest BCUT2D eigenvalue weighted by Crippen LogP contribution is 2.48. The first-order valence-electron chi connectivity index (χ1n) is 10.7. The van der Waals surface area contributed by atoms with Crippen LogP contribution in [0.3, 0.4) is 0 Å². The average molecular weight is 474 g/mol. The van der Waals surface area contributed by atoms with Crippen molar-refractivity contribution in [2.75, 3.05) is 4.90 Å². The van der Waals surface area contributed by atoms with Gasteiger partial charge in [-0.1, -0.05) is 72.2 Å². The second-order valence-electron chi connectivity index (χ2n) is 9.37. The van der Waals surface area contributed by atoms with Crippen LogP contribution in [0.1, 0.15) is 44.6 Å². The number of anilines is 1. The fraction of sp³-hybridized carbons (Fsp3) is 0.259. The summed E-state index contributed by atoms with van der Waals surface area (Å²) in [4.78, 5) is 28.7. The molecule has 1 unspecified atom stereocenters. The van der Waals surface area contributed by atoms with E-state index in [1.165, 1.54) is 0 Å². The first kappa shape index (κ1) is 20.2. The van der Waals surface area contributed by atoms with Gasteiger partial charge >= 0.3 is 0 Å². The van der Waals surface area contributed by atoms with E-state index < -0.39 is 0 Å². The van der Waals surface area contributed by atoms with Crippen LogP contribution in [-0.2, 0) is 9.59 Å². The quantitative estimate of drug-likeness (QED) is 0.411. The van der Waals surface area contributed by atoms with Crippen molar-refractivity contribution in [3.05, 3.63) is 88.0 Å². The molecule has 1 heterocycles. The minimum Gasteiger partial charge on any atom is -0.294 e. The SMILES string of the molecule is CC1(C)CC(=O)C2=C(C1)N(c1ccc(Br)cc1)C(=O)CC2c1ccc2ccccc2c1. The highest BCUT2D eigenvalue weighted by molar-refractivity contribution is 9.10. The fourth-order valence-electron chi connectivity index (χ4n) is 5.01. The van der Waals surface area contributed by atoms with Gasteiger partial charge in [0.1, 0.15) is 0 Å². The first-order valence-corrected chi connectivity index (χ1v) is 11.5. The number of Topliss-reactive ketones (excluding diaryl/α,β-unsaturated/α-hetero) is 1. The van der Waals surface area contributed by atoms with Gasteiger partial charge in [-0.25, -0.2) is 0 Å². The number of benzene rings is 3. The molecule has 0 radical (unpaired) electrons. The monoisotopic (exact) mass is 473 g/mol. The number of allylic oxidation sites excluding steroid dienone is 2. The maximum Gasteiger partial charge on any atom is 0.232 e. The number of carbonyl (C=O) groups is 2. The van der Waals surface area contributed by atoms with E-state index in [4.69, 9.17) is 0 Å². The zero-order valence-corrected chi connectivity index (χ0v) is 19.3. The lowest BCUT2D eigenvalue weighted by atomic mass is 9.69. The number of nitrogens with zero attached hydrogens (tertiary/aromatic N) is 1. The lowest BCUT2D eigenvalue weighted by Crippen LogP contribution is -2.43. The number of halogens is 1. The molecule has 0 bridgehead atoms. The molecule has 5 rings (SSSR count). The molecule has 1 amide bonds. The van der Waals surface area contributed by atoms with Crippen molar-refractivity contribution < 1.29 is 9.59 Å². The normalized spacial score (nSPS) is 20.9. The molecule has 0 spiro atoms. The number of hydrogen-bond acceptors (Lipinski definition) is 2. The smallest absolute Gasteiger partial charge is 0.232 e. The molecule has 0 aromatic heterocycles. The molecule has 0 fully saturated rings. The van der Waals surface area contributed by atoms with Crippen molar-refractivity contribution in [1.29, 1.82) is 0 Å². The summed E-state index contributed by atoms with van der Waals surface area (Å²) >= 11 is 3.47. The molecule has 0 saturated heterocycles. The van der Waals surface area contributed by atoms with E-state index in [0.717, 1.165) is 37.8 Å². The standard InChI is InChI=1S/C27H24BrNO2/c1-27(2)15-23-26(24(30)16-27)22(19-8-7-17-5-3-4-6-18(17)13-19)14-25(31)29(23)21-11-9-20(28)10-12-21/h3-13,22H,14-16H2,1-2H3. The fourth-order valence-corrected chi connectivity index (χ4v) is 5.28. The molecule has 4 heteroatoms. The second-order valence-corrected chi connectivity index (χ2v) is 10.3. The molecule has 3 aromatic rings. The predicted molar refractivity (Wildman–Crippen MR) is 128 cm³/mol. The number of carbonyl (C=O) groups excluding carboxylic acids is 2. The van der Waals surface area contributed by atoms with Gasteiger partial charge in [-0.05, 0) is 52.4 Å². The van der Waals surface area contributed by atoms with Crippen molar-refractivity contribution in [1.82, 2.24) is 0 Å². The zero-order chi connectivity index (χ0) is 21.8. The number of fused-ring (bicyclic) bond motifs is 1. The second kappa shape index (κ2) is 7.45. The Labute approximate surface area is 190 Å². The van der Waals surface area contributed by atoms with E-state index >= 15 is 0 Å². The van der Waals surface area contributed by atoms with Crippen molar-refractivity contribution >= 4 is 44.1 Å². The Hall–Kier alpha value is -2.72. The van der Waals surface area contributed by atoms with E-state index in [9.17, 15) is 9.59 Å². The van der Waals surface area contributed by atoms with Crippen LogP contribution in [0, 0.1) is 5.41 Å². The molecule has 1 aliphatic heterocycles. The van der Waals surface area contributed by atoms with Crippen molar-refractivity contribution in [2.24, 2.45) is 5.41 Å².